The average Bonchev–Trinajstić information content (AvgIpc) is 2.35. The molecule has 1 aromatic rings. The van der Waals surface area contributed by atoms with Crippen molar-refractivity contribution in [3.63, 3.8) is 0 Å². The lowest BCUT2D eigenvalue weighted by Gasteiger charge is -2.12. The van der Waals surface area contributed by atoms with Crippen LogP contribution in [0.5, 0.6) is 5.75 Å². The predicted octanol–water partition coefficient (Wildman–Crippen LogP) is 1.72. The van der Waals surface area contributed by atoms with E-state index in [0.29, 0.717) is 18.0 Å². The molecule has 0 fully saturated rings. The van der Waals surface area contributed by atoms with E-state index in [1.165, 1.54) is 6.92 Å². The van der Waals surface area contributed by atoms with Crippen LogP contribution in [0.1, 0.15) is 13.8 Å². The van der Waals surface area contributed by atoms with Crippen LogP contribution in [0.3, 0.4) is 0 Å². The second-order valence-corrected chi connectivity index (χ2v) is 4.20. The highest BCUT2D eigenvalue weighted by Gasteiger charge is 2.07. The summed E-state index contributed by atoms with van der Waals surface area (Å²) in [6.07, 6.45) is 0. The lowest BCUT2D eigenvalue weighted by molar-refractivity contribution is -0.122. The Balaban J connectivity index is 2.64. The molecule has 0 aliphatic carbocycles. The third kappa shape index (κ3) is 5.72. The Hall–Kier alpha value is -2.30. The Morgan fingerprint density at radius 3 is 2.58 bits per heavy atom. The molecule has 102 valence electrons. The van der Waals surface area contributed by atoms with Crippen molar-refractivity contribution in [3.05, 3.63) is 36.4 Å². The zero-order valence-corrected chi connectivity index (χ0v) is 11.2. The highest BCUT2D eigenvalue weighted by Crippen LogP contribution is 2.23. The molecule has 0 spiro atoms. The van der Waals surface area contributed by atoms with Crippen molar-refractivity contribution in [2.24, 2.45) is 0 Å². The molecule has 2 N–H and O–H groups in total. The summed E-state index contributed by atoms with van der Waals surface area (Å²) in [7, 11) is 0. The van der Waals surface area contributed by atoms with Gasteiger partial charge in [-0.25, -0.2) is 0 Å². The van der Waals surface area contributed by atoms with Crippen LogP contribution >= 0.6 is 0 Å². The maximum atomic E-state index is 11.6. The topological polar surface area (TPSA) is 67.4 Å². The highest BCUT2D eigenvalue weighted by atomic mass is 16.5. The molecule has 0 bridgehead atoms. The summed E-state index contributed by atoms with van der Waals surface area (Å²) < 4.78 is 5.52. The maximum absolute atomic E-state index is 11.6. The normalized spacial score (nSPS) is 9.58. The zero-order valence-electron chi connectivity index (χ0n) is 11.2. The average molecular weight is 262 g/mol. The summed E-state index contributed by atoms with van der Waals surface area (Å²) >= 11 is 0. The van der Waals surface area contributed by atoms with E-state index in [-0.39, 0.29) is 18.4 Å². The van der Waals surface area contributed by atoms with Gasteiger partial charge in [-0.05, 0) is 24.6 Å². The number of para-hydroxylation sites is 2. The second kappa shape index (κ2) is 7.20. The SMILES string of the molecule is C=C(C)COc1ccccc1NC(=O)CNC(C)=O. The van der Waals surface area contributed by atoms with Crippen molar-refractivity contribution in [1.29, 1.82) is 0 Å². The monoisotopic (exact) mass is 262 g/mol. The Morgan fingerprint density at radius 1 is 1.26 bits per heavy atom. The highest BCUT2D eigenvalue weighted by molar-refractivity contribution is 5.95. The smallest absolute Gasteiger partial charge is 0.243 e. The number of nitrogens with one attached hydrogen (secondary N) is 2. The van der Waals surface area contributed by atoms with Gasteiger partial charge in [0.2, 0.25) is 11.8 Å². The molecule has 19 heavy (non-hydrogen) atoms. The minimum atomic E-state index is -0.304. The number of carbonyl (C=O) groups excluding carboxylic acids is 2. The fraction of sp³-hybridized carbons (Fsp3) is 0.286. The van der Waals surface area contributed by atoms with Gasteiger partial charge in [-0.15, -0.1) is 0 Å². The molecule has 0 saturated carbocycles. The van der Waals surface area contributed by atoms with Crippen LogP contribution in [-0.2, 0) is 9.59 Å². The van der Waals surface area contributed by atoms with Crippen LogP contribution < -0.4 is 15.4 Å². The number of ether oxygens (including phenoxy) is 1. The first kappa shape index (κ1) is 14.8. The van der Waals surface area contributed by atoms with Gasteiger partial charge in [-0.2, -0.15) is 0 Å². The number of hydrogen-bond donors (Lipinski definition) is 2. The molecule has 0 heterocycles. The number of benzene rings is 1. The zero-order chi connectivity index (χ0) is 14.3. The summed E-state index contributed by atoms with van der Waals surface area (Å²) in [4.78, 5) is 22.3. The molecule has 1 rings (SSSR count). The van der Waals surface area contributed by atoms with Crippen molar-refractivity contribution >= 4 is 17.5 Å². The first-order chi connectivity index (χ1) is 8.99. The lowest BCUT2D eigenvalue weighted by atomic mass is 10.3. The minimum Gasteiger partial charge on any atom is -0.487 e. The summed E-state index contributed by atoms with van der Waals surface area (Å²) in [5.41, 5.74) is 1.46. The van der Waals surface area contributed by atoms with Crippen molar-refractivity contribution in [2.75, 3.05) is 18.5 Å². The van der Waals surface area contributed by atoms with Gasteiger partial charge in [-0.3, -0.25) is 9.59 Å². The molecule has 2 amide bonds. The molecule has 5 heteroatoms. The molecular weight excluding hydrogens is 244 g/mol. The van der Waals surface area contributed by atoms with E-state index in [9.17, 15) is 9.59 Å². The number of rotatable bonds is 6. The quantitative estimate of drug-likeness (QED) is 0.767. The minimum absolute atomic E-state index is 0.0653. The standard InChI is InChI=1S/C14H18N2O3/c1-10(2)9-19-13-7-5-4-6-12(13)16-14(18)8-15-11(3)17/h4-7H,1,8-9H2,2-3H3,(H,15,17)(H,16,18). The summed E-state index contributed by atoms with van der Waals surface area (Å²) in [5, 5.41) is 5.11. The van der Waals surface area contributed by atoms with E-state index in [1.54, 1.807) is 18.2 Å². The van der Waals surface area contributed by atoms with E-state index in [1.807, 2.05) is 13.0 Å². The van der Waals surface area contributed by atoms with Crippen molar-refractivity contribution in [1.82, 2.24) is 5.32 Å². The van der Waals surface area contributed by atoms with Gasteiger partial charge in [-0.1, -0.05) is 18.7 Å². The largest absolute Gasteiger partial charge is 0.487 e. The molecule has 0 radical (unpaired) electrons. The summed E-state index contributed by atoms with van der Waals surface area (Å²) in [6.45, 7) is 7.29. The number of hydrogen-bond acceptors (Lipinski definition) is 3. The van der Waals surface area contributed by atoms with E-state index < -0.39 is 0 Å². The van der Waals surface area contributed by atoms with Gasteiger partial charge in [0.1, 0.15) is 12.4 Å². The van der Waals surface area contributed by atoms with Crippen LogP contribution in [0.4, 0.5) is 5.69 Å². The Morgan fingerprint density at radius 2 is 1.95 bits per heavy atom. The maximum Gasteiger partial charge on any atom is 0.243 e. The fourth-order valence-corrected chi connectivity index (χ4v) is 1.30. The first-order valence-corrected chi connectivity index (χ1v) is 5.89. The van der Waals surface area contributed by atoms with E-state index >= 15 is 0 Å². The van der Waals surface area contributed by atoms with E-state index in [4.69, 9.17) is 4.74 Å². The van der Waals surface area contributed by atoms with Gasteiger partial charge < -0.3 is 15.4 Å². The van der Waals surface area contributed by atoms with Crippen LogP contribution in [0, 0.1) is 0 Å². The lowest BCUT2D eigenvalue weighted by Crippen LogP contribution is -2.31. The van der Waals surface area contributed by atoms with Crippen LogP contribution in [0.25, 0.3) is 0 Å². The molecule has 0 atom stereocenters. The molecule has 0 aliphatic rings. The van der Waals surface area contributed by atoms with Crippen molar-refractivity contribution in [3.8, 4) is 5.75 Å². The van der Waals surface area contributed by atoms with Crippen LogP contribution in [-0.4, -0.2) is 25.0 Å². The molecule has 5 nitrogen and oxygen atoms in total. The molecular formula is C14H18N2O3. The second-order valence-electron chi connectivity index (χ2n) is 4.20. The van der Waals surface area contributed by atoms with Gasteiger partial charge in [0, 0.05) is 6.92 Å². The Labute approximate surface area is 112 Å². The third-order valence-electron chi connectivity index (χ3n) is 2.13. The van der Waals surface area contributed by atoms with Crippen molar-refractivity contribution < 1.29 is 14.3 Å². The predicted molar refractivity (Wildman–Crippen MR) is 74.1 cm³/mol. The number of carbonyl (C=O) groups is 2. The van der Waals surface area contributed by atoms with Gasteiger partial charge in [0.25, 0.3) is 0 Å². The van der Waals surface area contributed by atoms with Crippen LogP contribution in [0.2, 0.25) is 0 Å². The van der Waals surface area contributed by atoms with E-state index in [0.717, 1.165) is 5.57 Å². The summed E-state index contributed by atoms with van der Waals surface area (Å²) in [5.74, 6) is 0.0187. The first-order valence-electron chi connectivity index (χ1n) is 5.89. The van der Waals surface area contributed by atoms with Crippen molar-refractivity contribution in [2.45, 2.75) is 13.8 Å². The molecule has 0 saturated heterocycles. The summed E-state index contributed by atoms with van der Waals surface area (Å²) in [6, 6.07) is 7.11. The van der Waals surface area contributed by atoms with Gasteiger partial charge in [0.15, 0.2) is 0 Å². The third-order valence-corrected chi connectivity index (χ3v) is 2.13. The number of amides is 2. The Kier molecular flexibility index (Phi) is 5.60. The molecule has 1 aromatic carbocycles. The molecule has 0 unspecified atom stereocenters. The molecule has 0 aliphatic heterocycles. The fourth-order valence-electron chi connectivity index (χ4n) is 1.30. The van der Waals surface area contributed by atoms with Gasteiger partial charge in [0.05, 0.1) is 12.2 Å². The van der Waals surface area contributed by atoms with Crippen LogP contribution in [0.15, 0.2) is 36.4 Å². The molecule has 0 aromatic heterocycles. The Bertz CT molecular complexity index is 483. The van der Waals surface area contributed by atoms with Gasteiger partial charge >= 0.3 is 0 Å². The van der Waals surface area contributed by atoms with E-state index in [2.05, 4.69) is 17.2 Å². The number of anilines is 1.